The Bertz CT molecular complexity index is 465. The van der Waals surface area contributed by atoms with Gasteiger partial charge in [-0.1, -0.05) is 12.1 Å². The number of rotatable bonds is 2. The van der Waals surface area contributed by atoms with Gasteiger partial charge in [-0.05, 0) is 12.1 Å². The molecule has 0 atom stereocenters. The summed E-state index contributed by atoms with van der Waals surface area (Å²) < 4.78 is 5.04. The first-order valence-electron chi connectivity index (χ1n) is 4.23. The molecule has 0 radical (unpaired) electrons. The van der Waals surface area contributed by atoms with E-state index in [1.807, 2.05) is 6.07 Å². The Morgan fingerprint density at radius 1 is 1.47 bits per heavy atom. The summed E-state index contributed by atoms with van der Waals surface area (Å²) in [7, 11) is 0. The third kappa shape index (κ3) is 1.84. The maximum atomic E-state index is 7.50. The molecule has 0 spiro atoms. The van der Waals surface area contributed by atoms with Gasteiger partial charge in [0.05, 0.1) is 0 Å². The molecule has 0 fully saturated rings. The van der Waals surface area contributed by atoms with E-state index >= 15 is 0 Å². The molecule has 0 aliphatic carbocycles. The Kier molecular flexibility index (Phi) is 2.42. The summed E-state index contributed by atoms with van der Waals surface area (Å²) in [6, 6.07) is 7.12. The van der Waals surface area contributed by atoms with Crippen LogP contribution in [0.2, 0.25) is 0 Å². The lowest BCUT2D eigenvalue weighted by Crippen LogP contribution is -2.29. The fourth-order valence-corrected chi connectivity index (χ4v) is 1.19. The van der Waals surface area contributed by atoms with Crippen LogP contribution in [0.3, 0.4) is 0 Å². The maximum Gasteiger partial charge on any atom is 0.247 e. The van der Waals surface area contributed by atoms with Gasteiger partial charge in [0, 0.05) is 11.1 Å². The van der Waals surface area contributed by atoms with Gasteiger partial charge in [0.1, 0.15) is 5.84 Å². The summed E-state index contributed by atoms with van der Waals surface area (Å²) in [6.07, 6.45) is 1.26. The number of hydrogen-bond donors (Lipinski definition) is 3. The Morgan fingerprint density at radius 3 is 3.00 bits per heavy atom. The summed E-state index contributed by atoms with van der Waals surface area (Å²) >= 11 is 0. The molecule has 6 nitrogen and oxygen atoms in total. The SMILES string of the molecule is N=C(NN)c1cccc(-c2nnco2)c1. The minimum Gasteiger partial charge on any atom is -0.423 e. The van der Waals surface area contributed by atoms with Crippen LogP contribution in [0, 0.1) is 5.41 Å². The second kappa shape index (κ2) is 3.89. The number of nitrogens with one attached hydrogen (secondary N) is 2. The molecule has 0 bridgehead atoms. The molecular weight excluding hydrogens is 194 g/mol. The fourth-order valence-electron chi connectivity index (χ4n) is 1.19. The van der Waals surface area contributed by atoms with Crippen LogP contribution in [-0.4, -0.2) is 16.0 Å². The predicted molar refractivity (Wildman–Crippen MR) is 53.9 cm³/mol. The van der Waals surface area contributed by atoms with Gasteiger partial charge in [-0.3, -0.25) is 5.41 Å². The van der Waals surface area contributed by atoms with Crippen molar-refractivity contribution in [3.63, 3.8) is 0 Å². The van der Waals surface area contributed by atoms with Crippen LogP contribution >= 0.6 is 0 Å². The molecule has 1 aromatic carbocycles. The number of hydrogen-bond acceptors (Lipinski definition) is 5. The summed E-state index contributed by atoms with van der Waals surface area (Å²) in [5, 5.41) is 14.9. The van der Waals surface area contributed by atoms with Crippen LogP contribution in [0.5, 0.6) is 0 Å². The van der Waals surface area contributed by atoms with Crippen LogP contribution in [0.1, 0.15) is 5.56 Å². The molecule has 15 heavy (non-hydrogen) atoms. The van der Waals surface area contributed by atoms with Gasteiger partial charge in [-0.25, -0.2) is 5.84 Å². The molecule has 0 unspecified atom stereocenters. The van der Waals surface area contributed by atoms with Crippen LogP contribution in [-0.2, 0) is 0 Å². The van der Waals surface area contributed by atoms with Crippen LogP contribution in [0.15, 0.2) is 35.1 Å². The van der Waals surface area contributed by atoms with Crippen molar-refractivity contribution >= 4 is 5.84 Å². The van der Waals surface area contributed by atoms with Crippen molar-refractivity contribution in [3.8, 4) is 11.5 Å². The second-order valence-corrected chi connectivity index (χ2v) is 2.84. The fraction of sp³-hybridized carbons (Fsp3) is 0. The van der Waals surface area contributed by atoms with E-state index in [9.17, 15) is 0 Å². The number of amidine groups is 1. The minimum absolute atomic E-state index is 0.136. The summed E-state index contributed by atoms with van der Waals surface area (Å²) in [5.74, 6) is 5.70. The van der Waals surface area contributed by atoms with Crippen LogP contribution in [0.4, 0.5) is 0 Å². The molecule has 2 rings (SSSR count). The normalized spacial score (nSPS) is 9.93. The molecule has 6 heteroatoms. The number of benzene rings is 1. The van der Waals surface area contributed by atoms with E-state index in [1.165, 1.54) is 6.39 Å². The quantitative estimate of drug-likeness (QED) is 0.286. The van der Waals surface area contributed by atoms with E-state index in [1.54, 1.807) is 18.2 Å². The molecular formula is C9H9N5O. The first kappa shape index (κ1) is 9.35. The van der Waals surface area contributed by atoms with Crippen molar-refractivity contribution in [2.24, 2.45) is 5.84 Å². The molecule has 0 amide bonds. The van der Waals surface area contributed by atoms with Gasteiger partial charge >= 0.3 is 0 Å². The Morgan fingerprint density at radius 2 is 2.33 bits per heavy atom. The number of hydrazine groups is 1. The van der Waals surface area contributed by atoms with Crippen molar-refractivity contribution < 1.29 is 4.42 Å². The van der Waals surface area contributed by atoms with Gasteiger partial charge in [0.2, 0.25) is 12.3 Å². The molecule has 76 valence electrons. The summed E-state index contributed by atoms with van der Waals surface area (Å²) in [4.78, 5) is 0. The van der Waals surface area contributed by atoms with Gasteiger partial charge < -0.3 is 9.84 Å². The van der Waals surface area contributed by atoms with Crippen molar-refractivity contribution in [1.29, 1.82) is 5.41 Å². The average molecular weight is 203 g/mol. The first-order valence-corrected chi connectivity index (χ1v) is 4.23. The monoisotopic (exact) mass is 203 g/mol. The van der Waals surface area contributed by atoms with Crippen molar-refractivity contribution in [2.75, 3.05) is 0 Å². The molecule has 0 saturated carbocycles. The molecule has 2 aromatic rings. The molecule has 1 aromatic heterocycles. The third-order valence-corrected chi connectivity index (χ3v) is 1.90. The smallest absolute Gasteiger partial charge is 0.247 e. The van der Waals surface area contributed by atoms with Crippen molar-refractivity contribution in [3.05, 3.63) is 36.2 Å². The van der Waals surface area contributed by atoms with Crippen LogP contribution < -0.4 is 11.3 Å². The lowest BCUT2D eigenvalue weighted by Gasteiger charge is -2.03. The van der Waals surface area contributed by atoms with E-state index in [2.05, 4.69) is 15.6 Å². The maximum absolute atomic E-state index is 7.50. The molecule has 4 N–H and O–H groups in total. The molecule has 0 aliphatic heterocycles. The topological polar surface area (TPSA) is 101 Å². The summed E-state index contributed by atoms with van der Waals surface area (Å²) in [5.41, 5.74) is 3.69. The van der Waals surface area contributed by atoms with E-state index in [4.69, 9.17) is 15.7 Å². The zero-order valence-corrected chi connectivity index (χ0v) is 7.77. The number of aromatic nitrogens is 2. The molecule has 0 aliphatic rings. The Hall–Kier alpha value is -2.21. The van der Waals surface area contributed by atoms with Gasteiger partial charge in [-0.15, -0.1) is 10.2 Å². The molecule has 0 saturated heterocycles. The van der Waals surface area contributed by atoms with Crippen molar-refractivity contribution in [2.45, 2.75) is 0 Å². The highest BCUT2D eigenvalue weighted by atomic mass is 16.4. The number of nitrogens with two attached hydrogens (primary N) is 1. The van der Waals surface area contributed by atoms with Gasteiger partial charge in [0.15, 0.2) is 0 Å². The second-order valence-electron chi connectivity index (χ2n) is 2.84. The lowest BCUT2D eigenvalue weighted by molar-refractivity contribution is 0.568. The van der Waals surface area contributed by atoms with Crippen LogP contribution in [0.25, 0.3) is 11.5 Å². The highest BCUT2D eigenvalue weighted by Gasteiger charge is 2.05. The lowest BCUT2D eigenvalue weighted by atomic mass is 10.1. The van der Waals surface area contributed by atoms with Gasteiger partial charge in [-0.2, -0.15) is 0 Å². The summed E-state index contributed by atoms with van der Waals surface area (Å²) in [6.45, 7) is 0. The highest BCUT2D eigenvalue weighted by molar-refractivity contribution is 5.96. The van der Waals surface area contributed by atoms with Crippen molar-refractivity contribution in [1.82, 2.24) is 15.6 Å². The zero-order valence-electron chi connectivity index (χ0n) is 7.77. The minimum atomic E-state index is 0.136. The zero-order chi connectivity index (χ0) is 10.7. The third-order valence-electron chi connectivity index (χ3n) is 1.90. The standard InChI is InChI=1S/C9H9N5O/c10-8(13-11)6-2-1-3-7(4-6)9-14-12-5-15-9/h1-5H,11H2,(H2,10,13). The predicted octanol–water partition coefficient (Wildman–Crippen LogP) is 0.525. The Balaban J connectivity index is 2.39. The highest BCUT2D eigenvalue weighted by Crippen LogP contribution is 2.17. The van der Waals surface area contributed by atoms with E-state index in [-0.39, 0.29) is 5.84 Å². The average Bonchev–Trinajstić information content (AvgIpc) is 2.82. The first-order chi connectivity index (χ1) is 7.31. The van der Waals surface area contributed by atoms with E-state index < -0.39 is 0 Å². The van der Waals surface area contributed by atoms with E-state index in [0.29, 0.717) is 11.5 Å². The molecule has 1 heterocycles. The largest absolute Gasteiger partial charge is 0.423 e. The Labute approximate surface area is 85.6 Å². The number of nitrogens with zero attached hydrogens (tertiary/aromatic N) is 2. The van der Waals surface area contributed by atoms with E-state index in [0.717, 1.165) is 5.56 Å². The van der Waals surface area contributed by atoms with Gasteiger partial charge in [0.25, 0.3) is 0 Å².